The summed E-state index contributed by atoms with van der Waals surface area (Å²) in [5, 5.41) is 0. The van der Waals surface area contributed by atoms with Crippen LogP contribution in [-0.2, 0) is 6.54 Å². The van der Waals surface area contributed by atoms with Gasteiger partial charge in [0.25, 0.3) is 0 Å². The maximum absolute atomic E-state index is 14.4. The number of H-pyrrole nitrogens is 1. The Bertz CT molecular complexity index is 998. The lowest BCUT2D eigenvalue weighted by molar-refractivity contribution is 0.343. The van der Waals surface area contributed by atoms with E-state index in [1.54, 1.807) is 12.1 Å². The van der Waals surface area contributed by atoms with Crippen molar-refractivity contribution in [2.75, 3.05) is 25.0 Å². The Morgan fingerprint density at radius 1 is 0.962 bits per heavy atom. The monoisotopic (exact) mass is 349 g/mol. The summed E-state index contributed by atoms with van der Waals surface area (Å²) >= 11 is 0. The van der Waals surface area contributed by atoms with E-state index in [0.29, 0.717) is 12.2 Å². The molecule has 1 N–H and O–H groups in total. The molecule has 1 aliphatic rings. The van der Waals surface area contributed by atoms with Crippen LogP contribution in [0.4, 0.5) is 15.8 Å². The summed E-state index contributed by atoms with van der Waals surface area (Å²) in [5.41, 5.74) is 4.30. The first-order valence-electron chi connectivity index (χ1n) is 8.65. The number of nitrogens with zero attached hydrogens (tertiary/aromatic N) is 2. The van der Waals surface area contributed by atoms with Gasteiger partial charge >= 0.3 is 0 Å². The van der Waals surface area contributed by atoms with Gasteiger partial charge in [0.05, 0.1) is 5.69 Å². The van der Waals surface area contributed by atoms with E-state index in [1.165, 1.54) is 12.1 Å². The number of likely N-dealkylation sites (N-methyl/N-ethyl adjacent to an activating group) is 1. The third-order valence-corrected chi connectivity index (χ3v) is 4.74. The second kappa shape index (κ2) is 6.77. The number of hydrogen-bond acceptors (Lipinski definition) is 3. The molecule has 3 aromatic rings. The molecule has 0 unspecified atom stereocenters. The van der Waals surface area contributed by atoms with E-state index in [-0.39, 0.29) is 11.4 Å². The minimum atomic E-state index is -0.223. The molecule has 0 aliphatic carbocycles. The number of nitrogens with one attached hydrogen (secondary N) is 1. The molecule has 0 amide bonds. The van der Waals surface area contributed by atoms with E-state index in [9.17, 15) is 9.18 Å². The number of fused-ring (bicyclic) bond motifs is 1. The molecule has 2 aromatic carbocycles. The Kier molecular flexibility index (Phi) is 4.31. The van der Waals surface area contributed by atoms with E-state index < -0.39 is 0 Å². The minimum Gasteiger partial charge on any atom is -0.338 e. The SMILES string of the molecule is CN1CCN(c2ccccc2F)c2ccc(-c3cccc(=O)[nH]3)cc2C1. The van der Waals surface area contributed by atoms with Crippen molar-refractivity contribution in [3.05, 3.63) is 82.4 Å². The van der Waals surface area contributed by atoms with Gasteiger partial charge in [-0.15, -0.1) is 0 Å². The van der Waals surface area contributed by atoms with Gasteiger partial charge in [-0.25, -0.2) is 4.39 Å². The lowest BCUT2D eigenvalue weighted by atomic mass is 10.0. The summed E-state index contributed by atoms with van der Waals surface area (Å²) < 4.78 is 14.4. The maximum atomic E-state index is 14.4. The Labute approximate surface area is 151 Å². The first kappa shape index (κ1) is 16.5. The number of halogens is 1. The molecule has 1 aromatic heterocycles. The van der Waals surface area contributed by atoms with Crippen LogP contribution in [0.2, 0.25) is 0 Å². The summed E-state index contributed by atoms with van der Waals surface area (Å²) in [7, 11) is 2.06. The Morgan fingerprint density at radius 2 is 1.81 bits per heavy atom. The topological polar surface area (TPSA) is 39.3 Å². The van der Waals surface area contributed by atoms with Crippen molar-refractivity contribution in [1.29, 1.82) is 0 Å². The van der Waals surface area contributed by atoms with Crippen molar-refractivity contribution in [2.45, 2.75) is 6.54 Å². The van der Waals surface area contributed by atoms with Crippen LogP contribution >= 0.6 is 0 Å². The van der Waals surface area contributed by atoms with E-state index in [2.05, 4.69) is 23.0 Å². The van der Waals surface area contributed by atoms with Gasteiger partial charge in [-0.2, -0.15) is 0 Å². The molecule has 132 valence electrons. The number of para-hydroxylation sites is 1. The van der Waals surface area contributed by atoms with E-state index >= 15 is 0 Å². The van der Waals surface area contributed by atoms with Crippen LogP contribution in [0, 0.1) is 5.82 Å². The van der Waals surface area contributed by atoms with Crippen LogP contribution in [0.15, 0.2) is 65.5 Å². The van der Waals surface area contributed by atoms with Gasteiger partial charge in [0.2, 0.25) is 5.56 Å². The van der Waals surface area contributed by atoms with Crippen molar-refractivity contribution in [2.24, 2.45) is 0 Å². The zero-order chi connectivity index (χ0) is 18.1. The lowest BCUT2D eigenvalue weighted by Gasteiger charge is -2.25. The summed E-state index contributed by atoms with van der Waals surface area (Å²) in [5.74, 6) is -0.223. The summed E-state index contributed by atoms with van der Waals surface area (Å²) in [6, 6.07) is 18.1. The number of hydrogen-bond donors (Lipinski definition) is 1. The normalized spacial score (nSPS) is 14.8. The molecule has 0 atom stereocenters. The Hall–Kier alpha value is -2.92. The molecule has 0 bridgehead atoms. The Morgan fingerprint density at radius 3 is 2.62 bits per heavy atom. The molecular formula is C21H20FN3O. The molecule has 5 heteroatoms. The van der Waals surface area contributed by atoms with Crippen LogP contribution in [0.25, 0.3) is 11.3 Å². The van der Waals surface area contributed by atoms with Gasteiger partial charge < -0.3 is 14.8 Å². The molecule has 4 rings (SSSR count). The molecule has 0 fully saturated rings. The highest BCUT2D eigenvalue weighted by molar-refractivity contribution is 5.72. The van der Waals surface area contributed by atoms with E-state index in [4.69, 9.17) is 0 Å². The highest BCUT2D eigenvalue weighted by Crippen LogP contribution is 2.34. The molecule has 0 radical (unpaired) electrons. The second-order valence-electron chi connectivity index (χ2n) is 6.61. The van der Waals surface area contributed by atoms with Crippen LogP contribution in [0.3, 0.4) is 0 Å². The maximum Gasteiger partial charge on any atom is 0.248 e. The third kappa shape index (κ3) is 3.13. The van der Waals surface area contributed by atoms with Gasteiger partial charge in [0.15, 0.2) is 0 Å². The fraction of sp³-hybridized carbons (Fsp3) is 0.190. The molecule has 1 aliphatic heterocycles. The van der Waals surface area contributed by atoms with Gasteiger partial charge in [-0.05, 0) is 48.5 Å². The largest absolute Gasteiger partial charge is 0.338 e. The smallest absolute Gasteiger partial charge is 0.248 e. The van der Waals surface area contributed by atoms with Gasteiger partial charge in [0, 0.05) is 37.1 Å². The first-order chi connectivity index (χ1) is 12.6. The highest BCUT2D eigenvalue weighted by Gasteiger charge is 2.21. The van der Waals surface area contributed by atoms with Gasteiger partial charge in [-0.3, -0.25) is 4.79 Å². The fourth-order valence-electron chi connectivity index (χ4n) is 3.44. The summed E-state index contributed by atoms with van der Waals surface area (Å²) in [6.07, 6.45) is 0. The molecule has 2 heterocycles. The molecule has 0 saturated heterocycles. The quantitative estimate of drug-likeness (QED) is 0.766. The van der Waals surface area contributed by atoms with Crippen LogP contribution in [-0.4, -0.2) is 30.0 Å². The first-order valence-corrected chi connectivity index (χ1v) is 8.65. The fourth-order valence-corrected chi connectivity index (χ4v) is 3.44. The van der Waals surface area contributed by atoms with Crippen molar-refractivity contribution >= 4 is 11.4 Å². The molecule has 0 spiro atoms. The van der Waals surface area contributed by atoms with Gasteiger partial charge in [-0.1, -0.05) is 24.3 Å². The number of benzene rings is 2. The number of rotatable bonds is 2. The average molecular weight is 349 g/mol. The number of anilines is 2. The van der Waals surface area contributed by atoms with Crippen LogP contribution in [0.5, 0.6) is 0 Å². The standard InChI is InChI=1S/C21H20FN3O/c1-24-11-12-25(20-7-3-2-5-17(20)22)19-10-9-15(13-16(19)14-24)18-6-4-8-21(26)23-18/h2-10,13H,11-12,14H2,1H3,(H,23,26). The minimum absolute atomic E-state index is 0.123. The zero-order valence-electron chi connectivity index (χ0n) is 14.6. The van der Waals surface area contributed by atoms with Crippen LogP contribution < -0.4 is 10.5 Å². The average Bonchev–Trinajstić information content (AvgIpc) is 2.80. The zero-order valence-corrected chi connectivity index (χ0v) is 14.6. The number of aromatic amines is 1. The predicted octanol–water partition coefficient (Wildman–Crippen LogP) is 3.76. The second-order valence-corrected chi connectivity index (χ2v) is 6.61. The third-order valence-electron chi connectivity index (χ3n) is 4.74. The number of pyridine rings is 1. The molecule has 26 heavy (non-hydrogen) atoms. The van der Waals surface area contributed by atoms with Crippen LogP contribution in [0.1, 0.15) is 5.56 Å². The lowest BCUT2D eigenvalue weighted by Crippen LogP contribution is -2.26. The molecular weight excluding hydrogens is 329 g/mol. The summed E-state index contributed by atoms with van der Waals surface area (Å²) in [4.78, 5) is 18.7. The highest BCUT2D eigenvalue weighted by atomic mass is 19.1. The van der Waals surface area contributed by atoms with Crippen molar-refractivity contribution < 1.29 is 4.39 Å². The van der Waals surface area contributed by atoms with Crippen molar-refractivity contribution in [1.82, 2.24) is 9.88 Å². The van der Waals surface area contributed by atoms with Crippen molar-refractivity contribution in [3.8, 4) is 11.3 Å². The summed E-state index contributed by atoms with van der Waals surface area (Å²) in [6.45, 7) is 2.32. The molecule has 0 saturated carbocycles. The predicted molar refractivity (Wildman–Crippen MR) is 102 cm³/mol. The molecule has 4 nitrogen and oxygen atoms in total. The van der Waals surface area contributed by atoms with Crippen molar-refractivity contribution in [3.63, 3.8) is 0 Å². The Balaban J connectivity index is 1.82. The van der Waals surface area contributed by atoms with E-state index in [0.717, 1.165) is 35.6 Å². The van der Waals surface area contributed by atoms with E-state index in [1.807, 2.05) is 35.2 Å². The number of aromatic nitrogens is 1. The van der Waals surface area contributed by atoms with Gasteiger partial charge in [0.1, 0.15) is 5.82 Å².